The molecule has 4 nitrogen and oxygen atoms in total. The van der Waals surface area contributed by atoms with Gasteiger partial charge in [0.2, 0.25) is 0 Å². The van der Waals surface area contributed by atoms with Gasteiger partial charge in [-0.2, -0.15) is 5.10 Å². The molecule has 1 aliphatic heterocycles. The van der Waals surface area contributed by atoms with Gasteiger partial charge in [0.1, 0.15) is 11.6 Å². The second-order valence-electron chi connectivity index (χ2n) is 6.34. The van der Waals surface area contributed by atoms with Crippen molar-refractivity contribution in [2.45, 2.75) is 19.3 Å². The molecule has 1 aliphatic rings. The summed E-state index contributed by atoms with van der Waals surface area (Å²) in [6, 6.07) is 13.7. The van der Waals surface area contributed by atoms with Crippen molar-refractivity contribution in [3.63, 3.8) is 0 Å². The SMILES string of the molecule is COc1ccc(CCc2nn(-c3cc(Cl)cc(Cl)c3)c3c2CCN3)cc1. The molecule has 26 heavy (non-hydrogen) atoms. The van der Waals surface area contributed by atoms with Crippen LogP contribution in [-0.4, -0.2) is 23.4 Å². The number of nitrogens with one attached hydrogen (secondary N) is 1. The van der Waals surface area contributed by atoms with E-state index in [1.165, 1.54) is 11.1 Å². The maximum Gasteiger partial charge on any atom is 0.133 e. The van der Waals surface area contributed by atoms with Gasteiger partial charge in [0.15, 0.2) is 0 Å². The highest BCUT2D eigenvalue weighted by Crippen LogP contribution is 2.31. The molecule has 2 heterocycles. The third-order valence-corrected chi connectivity index (χ3v) is 5.07. The highest BCUT2D eigenvalue weighted by Gasteiger charge is 2.23. The van der Waals surface area contributed by atoms with Gasteiger partial charge in [0.25, 0.3) is 0 Å². The first-order valence-corrected chi connectivity index (χ1v) is 9.33. The second-order valence-corrected chi connectivity index (χ2v) is 7.21. The number of aryl methyl sites for hydroxylation is 2. The van der Waals surface area contributed by atoms with Crippen molar-refractivity contribution >= 4 is 29.0 Å². The van der Waals surface area contributed by atoms with Crippen molar-refractivity contribution in [2.75, 3.05) is 19.0 Å². The average Bonchev–Trinajstić information content (AvgIpc) is 3.22. The lowest BCUT2D eigenvalue weighted by molar-refractivity contribution is 0.414. The molecular weight excluding hydrogens is 369 g/mol. The number of fused-ring (bicyclic) bond motifs is 1. The first kappa shape index (κ1) is 17.3. The molecule has 3 aromatic rings. The molecule has 6 heteroatoms. The summed E-state index contributed by atoms with van der Waals surface area (Å²) in [5, 5.41) is 9.49. The summed E-state index contributed by atoms with van der Waals surface area (Å²) in [6.45, 7) is 0.928. The zero-order valence-corrected chi connectivity index (χ0v) is 15.9. The number of halogens is 2. The van der Waals surface area contributed by atoms with Crippen LogP contribution in [0.1, 0.15) is 16.8 Å². The van der Waals surface area contributed by atoms with Gasteiger partial charge in [-0.3, -0.25) is 0 Å². The fourth-order valence-corrected chi connectivity index (χ4v) is 3.86. The van der Waals surface area contributed by atoms with Crippen LogP contribution in [-0.2, 0) is 19.3 Å². The standard InChI is InChI=1S/C20H19Cl2N3O/c1-26-17-5-2-13(3-6-17)4-7-19-18-8-9-23-20(18)25(24-19)16-11-14(21)10-15(22)12-16/h2-3,5-6,10-12,23H,4,7-9H2,1H3. The smallest absolute Gasteiger partial charge is 0.133 e. The fourth-order valence-electron chi connectivity index (χ4n) is 3.35. The molecule has 0 aliphatic carbocycles. The molecule has 0 saturated heterocycles. The minimum atomic E-state index is 0.606. The molecule has 0 bridgehead atoms. The van der Waals surface area contributed by atoms with Gasteiger partial charge >= 0.3 is 0 Å². The van der Waals surface area contributed by atoms with Crippen LogP contribution < -0.4 is 10.1 Å². The normalized spacial score (nSPS) is 12.7. The van der Waals surface area contributed by atoms with E-state index < -0.39 is 0 Å². The van der Waals surface area contributed by atoms with E-state index in [1.54, 1.807) is 13.2 Å². The van der Waals surface area contributed by atoms with Crippen LogP contribution in [0.3, 0.4) is 0 Å². The number of benzene rings is 2. The second kappa shape index (κ2) is 7.22. The summed E-state index contributed by atoms with van der Waals surface area (Å²) in [5.74, 6) is 1.93. The number of hydrogen-bond donors (Lipinski definition) is 1. The van der Waals surface area contributed by atoms with E-state index in [0.717, 1.165) is 48.8 Å². The summed E-state index contributed by atoms with van der Waals surface area (Å²) in [4.78, 5) is 0. The van der Waals surface area contributed by atoms with Gasteiger partial charge in [-0.25, -0.2) is 4.68 Å². The van der Waals surface area contributed by atoms with Gasteiger partial charge in [-0.1, -0.05) is 35.3 Å². The number of methoxy groups -OCH3 is 1. The van der Waals surface area contributed by atoms with E-state index in [2.05, 4.69) is 17.4 Å². The molecule has 1 aromatic heterocycles. The zero-order valence-electron chi connectivity index (χ0n) is 14.4. The van der Waals surface area contributed by atoms with Gasteiger partial charge in [0, 0.05) is 22.2 Å². The molecule has 2 aromatic carbocycles. The molecule has 4 rings (SSSR count). The van der Waals surface area contributed by atoms with Crippen molar-refractivity contribution in [3.8, 4) is 11.4 Å². The monoisotopic (exact) mass is 387 g/mol. The summed E-state index contributed by atoms with van der Waals surface area (Å²) in [5.41, 5.74) is 4.56. The lowest BCUT2D eigenvalue weighted by atomic mass is 10.1. The Labute approximate surface area is 162 Å². The third-order valence-electron chi connectivity index (χ3n) is 4.64. The quantitative estimate of drug-likeness (QED) is 0.673. The Kier molecular flexibility index (Phi) is 4.79. The number of hydrogen-bond acceptors (Lipinski definition) is 3. The molecule has 0 radical (unpaired) electrons. The minimum Gasteiger partial charge on any atom is -0.497 e. The Balaban J connectivity index is 1.61. The predicted molar refractivity (Wildman–Crippen MR) is 106 cm³/mol. The largest absolute Gasteiger partial charge is 0.497 e. The van der Waals surface area contributed by atoms with Crippen molar-refractivity contribution < 1.29 is 4.74 Å². The molecule has 134 valence electrons. The maximum absolute atomic E-state index is 6.17. The highest BCUT2D eigenvalue weighted by molar-refractivity contribution is 6.34. The Morgan fingerprint density at radius 3 is 2.50 bits per heavy atom. The van der Waals surface area contributed by atoms with Crippen molar-refractivity contribution in [1.29, 1.82) is 0 Å². The van der Waals surface area contributed by atoms with Crippen LogP contribution in [0.15, 0.2) is 42.5 Å². The van der Waals surface area contributed by atoms with Crippen LogP contribution in [0.2, 0.25) is 10.0 Å². The minimum absolute atomic E-state index is 0.606. The number of ether oxygens (including phenoxy) is 1. The molecule has 1 N–H and O–H groups in total. The van der Waals surface area contributed by atoms with Crippen LogP contribution in [0.4, 0.5) is 5.82 Å². The van der Waals surface area contributed by atoms with Crippen LogP contribution >= 0.6 is 23.2 Å². The van der Waals surface area contributed by atoms with E-state index in [4.69, 9.17) is 33.0 Å². The van der Waals surface area contributed by atoms with E-state index in [0.29, 0.717) is 10.0 Å². The van der Waals surface area contributed by atoms with E-state index >= 15 is 0 Å². The first-order valence-electron chi connectivity index (χ1n) is 8.58. The number of nitrogens with zero attached hydrogens (tertiary/aromatic N) is 2. The zero-order chi connectivity index (χ0) is 18.1. The van der Waals surface area contributed by atoms with E-state index in [-0.39, 0.29) is 0 Å². The molecule has 0 fully saturated rings. The molecule has 0 atom stereocenters. The number of aromatic nitrogens is 2. The Bertz CT molecular complexity index is 915. The van der Waals surface area contributed by atoms with Gasteiger partial charge in [-0.15, -0.1) is 0 Å². The Morgan fingerprint density at radius 2 is 1.81 bits per heavy atom. The topological polar surface area (TPSA) is 39.1 Å². The first-order chi connectivity index (χ1) is 12.6. The molecule has 0 unspecified atom stereocenters. The summed E-state index contributed by atoms with van der Waals surface area (Å²) in [6.07, 6.45) is 2.81. The van der Waals surface area contributed by atoms with Crippen LogP contribution in [0.25, 0.3) is 5.69 Å². The molecule has 0 saturated carbocycles. The third kappa shape index (κ3) is 3.39. The predicted octanol–water partition coefficient (Wildman–Crippen LogP) is 4.94. The number of anilines is 1. The Morgan fingerprint density at radius 1 is 1.08 bits per heavy atom. The number of rotatable bonds is 5. The summed E-state index contributed by atoms with van der Waals surface area (Å²) in [7, 11) is 1.68. The fraction of sp³-hybridized carbons (Fsp3) is 0.250. The van der Waals surface area contributed by atoms with Gasteiger partial charge < -0.3 is 10.1 Å². The van der Waals surface area contributed by atoms with Crippen molar-refractivity contribution in [2.24, 2.45) is 0 Å². The summed E-state index contributed by atoms with van der Waals surface area (Å²) < 4.78 is 7.14. The van der Waals surface area contributed by atoms with E-state index in [9.17, 15) is 0 Å². The molecule has 0 spiro atoms. The lowest BCUT2D eigenvalue weighted by Crippen LogP contribution is -2.05. The maximum atomic E-state index is 6.17. The molecule has 0 amide bonds. The van der Waals surface area contributed by atoms with Crippen LogP contribution in [0, 0.1) is 0 Å². The van der Waals surface area contributed by atoms with Gasteiger partial charge in [-0.05, 0) is 55.2 Å². The van der Waals surface area contributed by atoms with Crippen molar-refractivity contribution in [3.05, 3.63) is 69.3 Å². The van der Waals surface area contributed by atoms with Crippen LogP contribution in [0.5, 0.6) is 5.75 Å². The van der Waals surface area contributed by atoms with Crippen molar-refractivity contribution in [1.82, 2.24) is 9.78 Å². The van der Waals surface area contributed by atoms with Gasteiger partial charge in [0.05, 0.1) is 18.5 Å². The molecular formula is C20H19Cl2N3O. The lowest BCUT2D eigenvalue weighted by Gasteiger charge is -2.07. The highest BCUT2D eigenvalue weighted by atomic mass is 35.5. The summed E-state index contributed by atoms with van der Waals surface area (Å²) >= 11 is 12.3. The van der Waals surface area contributed by atoms with E-state index in [1.807, 2.05) is 28.9 Å². The Hall–Kier alpha value is -2.17. The average molecular weight is 388 g/mol.